The minimum absolute atomic E-state index is 0.432. The van der Waals surface area contributed by atoms with Crippen molar-refractivity contribution in [1.29, 1.82) is 0 Å². The van der Waals surface area contributed by atoms with Gasteiger partial charge in [0.2, 0.25) is 0 Å². The van der Waals surface area contributed by atoms with Gasteiger partial charge in [0.25, 0.3) is 0 Å². The maximum absolute atomic E-state index is 3.92. The molecule has 2 heteroatoms. The topological polar surface area (TPSA) is 15.3 Å². The highest BCUT2D eigenvalue weighted by atomic mass is 15.2. The van der Waals surface area contributed by atoms with Gasteiger partial charge in [0, 0.05) is 24.7 Å². The molecule has 1 aliphatic carbocycles. The lowest BCUT2D eigenvalue weighted by Crippen LogP contribution is -2.63. The quantitative estimate of drug-likeness (QED) is 0.831. The Morgan fingerprint density at radius 3 is 2.57 bits per heavy atom. The summed E-state index contributed by atoms with van der Waals surface area (Å²) in [6, 6.07) is 2.14. The number of rotatable bonds is 4. The molecule has 124 valence electrons. The van der Waals surface area contributed by atoms with Gasteiger partial charge in [-0.15, -0.1) is 0 Å². The summed E-state index contributed by atoms with van der Waals surface area (Å²) in [6.07, 6.45) is 6.79. The molecule has 2 aliphatic rings. The largest absolute Gasteiger partial charge is 0.312 e. The molecule has 1 N–H and O–H groups in total. The Balaban J connectivity index is 2.17. The SMILES string of the molecule is CCCNC1C(N2CC(C)CC(C)C2C)CCCC1(C)C. The van der Waals surface area contributed by atoms with Crippen LogP contribution in [0.4, 0.5) is 0 Å². The molecule has 1 aliphatic heterocycles. The van der Waals surface area contributed by atoms with Crippen molar-refractivity contribution in [2.45, 2.75) is 91.8 Å². The monoisotopic (exact) mass is 294 g/mol. The van der Waals surface area contributed by atoms with Gasteiger partial charge in [0.15, 0.2) is 0 Å². The smallest absolute Gasteiger partial charge is 0.0274 e. The molecule has 5 unspecified atom stereocenters. The van der Waals surface area contributed by atoms with Gasteiger partial charge in [-0.3, -0.25) is 4.90 Å². The normalized spacial score (nSPS) is 41.1. The molecule has 0 aromatic carbocycles. The van der Waals surface area contributed by atoms with Crippen LogP contribution in [0.2, 0.25) is 0 Å². The van der Waals surface area contributed by atoms with Crippen molar-refractivity contribution in [3.63, 3.8) is 0 Å². The second-order valence-corrected chi connectivity index (χ2v) is 8.64. The van der Waals surface area contributed by atoms with E-state index in [1.165, 1.54) is 38.6 Å². The van der Waals surface area contributed by atoms with Crippen molar-refractivity contribution >= 4 is 0 Å². The van der Waals surface area contributed by atoms with E-state index in [2.05, 4.69) is 51.8 Å². The van der Waals surface area contributed by atoms with E-state index >= 15 is 0 Å². The molecule has 21 heavy (non-hydrogen) atoms. The lowest BCUT2D eigenvalue weighted by atomic mass is 9.69. The van der Waals surface area contributed by atoms with Gasteiger partial charge in [-0.25, -0.2) is 0 Å². The van der Waals surface area contributed by atoms with Crippen molar-refractivity contribution in [3.8, 4) is 0 Å². The molecule has 1 saturated carbocycles. The first-order chi connectivity index (χ1) is 9.86. The molecule has 2 fully saturated rings. The molecule has 0 aromatic heterocycles. The van der Waals surface area contributed by atoms with Crippen molar-refractivity contribution in [1.82, 2.24) is 10.2 Å². The zero-order chi connectivity index (χ0) is 15.6. The number of likely N-dealkylation sites (tertiary alicyclic amines) is 1. The predicted molar refractivity (Wildman–Crippen MR) is 92.6 cm³/mol. The van der Waals surface area contributed by atoms with E-state index in [0.29, 0.717) is 11.5 Å². The van der Waals surface area contributed by atoms with Crippen LogP contribution in [-0.2, 0) is 0 Å². The maximum Gasteiger partial charge on any atom is 0.0274 e. The van der Waals surface area contributed by atoms with E-state index in [0.717, 1.165) is 30.5 Å². The van der Waals surface area contributed by atoms with Gasteiger partial charge < -0.3 is 5.32 Å². The molecular formula is C19H38N2. The second-order valence-electron chi connectivity index (χ2n) is 8.64. The van der Waals surface area contributed by atoms with Crippen LogP contribution in [0.25, 0.3) is 0 Å². The molecule has 2 nitrogen and oxygen atoms in total. The first kappa shape index (κ1) is 17.3. The third-order valence-electron chi connectivity index (χ3n) is 6.23. The van der Waals surface area contributed by atoms with Crippen molar-refractivity contribution in [2.24, 2.45) is 17.3 Å². The molecule has 0 aromatic rings. The average Bonchev–Trinajstić information content (AvgIpc) is 2.40. The number of nitrogens with zero attached hydrogens (tertiary/aromatic N) is 1. The number of hydrogen-bond acceptors (Lipinski definition) is 2. The van der Waals surface area contributed by atoms with Crippen LogP contribution >= 0.6 is 0 Å². The third-order valence-corrected chi connectivity index (χ3v) is 6.23. The van der Waals surface area contributed by atoms with Gasteiger partial charge in [0.1, 0.15) is 0 Å². The fourth-order valence-electron chi connectivity index (χ4n) is 4.88. The predicted octanol–water partition coefficient (Wildman–Crippen LogP) is 4.30. The van der Waals surface area contributed by atoms with E-state index in [1.54, 1.807) is 0 Å². The van der Waals surface area contributed by atoms with E-state index in [9.17, 15) is 0 Å². The lowest BCUT2D eigenvalue weighted by Gasteiger charge is -2.53. The standard InChI is InChI=1S/C19H38N2/c1-7-11-20-18-17(9-8-10-19(18,5)6)21-13-14(2)12-15(3)16(21)4/h14-18,20H,7-13H2,1-6H3. The summed E-state index contributed by atoms with van der Waals surface area (Å²) in [6.45, 7) is 17.1. The Bertz CT molecular complexity index is 326. The summed E-state index contributed by atoms with van der Waals surface area (Å²) in [4.78, 5) is 2.87. The fraction of sp³-hybridized carbons (Fsp3) is 1.00. The molecule has 1 saturated heterocycles. The molecule has 0 spiro atoms. The van der Waals surface area contributed by atoms with Crippen LogP contribution in [0, 0.1) is 17.3 Å². The Morgan fingerprint density at radius 1 is 1.19 bits per heavy atom. The van der Waals surface area contributed by atoms with Gasteiger partial charge in [-0.2, -0.15) is 0 Å². The van der Waals surface area contributed by atoms with Gasteiger partial charge in [0.05, 0.1) is 0 Å². The Hall–Kier alpha value is -0.0800. The highest BCUT2D eigenvalue weighted by Gasteiger charge is 2.44. The molecule has 1 heterocycles. The third kappa shape index (κ3) is 3.82. The van der Waals surface area contributed by atoms with Gasteiger partial charge in [-0.05, 0) is 56.4 Å². The molecule has 5 atom stereocenters. The van der Waals surface area contributed by atoms with Crippen molar-refractivity contribution in [3.05, 3.63) is 0 Å². The van der Waals surface area contributed by atoms with Crippen LogP contribution in [-0.4, -0.2) is 36.1 Å². The first-order valence-corrected chi connectivity index (χ1v) is 9.36. The van der Waals surface area contributed by atoms with E-state index < -0.39 is 0 Å². The Labute approximate surface area is 133 Å². The minimum atomic E-state index is 0.432. The number of piperidine rings is 1. The van der Waals surface area contributed by atoms with Gasteiger partial charge in [-0.1, -0.05) is 41.0 Å². The van der Waals surface area contributed by atoms with E-state index in [4.69, 9.17) is 0 Å². The summed E-state index contributed by atoms with van der Waals surface area (Å²) in [5.41, 5.74) is 0.432. The minimum Gasteiger partial charge on any atom is -0.312 e. The van der Waals surface area contributed by atoms with Crippen LogP contribution in [0.1, 0.15) is 73.6 Å². The summed E-state index contributed by atoms with van der Waals surface area (Å²) < 4.78 is 0. The average molecular weight is 295 g/mol. The van der Waals surface area contributed by atoms with Crippen molar-refractivity contribution < 1.29 is 0 Å². The van der Waals surface area contributed by atoms with Crippen LogP contribution in [0.5, 0.6) is 0 Å². The maximum atomic E-state index is 3.92. The zero-order valence-corrected chi connectivity index (χ0v) is 15.3. The zero-order valence-electron chi connectivity index (χ0n) is 15.3. The van der Waals surface area contributed by atoms with E-state index in [-0.39, 0.29) is 0 Å². The van der Waals surface area contributed by atoms with Crippen LogP contribution < -0.4 is 5.32 Å². The van der Waals surface area contributed by atoms with Gasteiger partial charge >= 0.3 is 0 Å². The molecule has 0 bridgehead atoms. The first-order valence-electron chi connectivity index (χ1n) is 9.36. The Morgan fingerprint density at radius 2 is 1.90 bits per heavy atom. The van der Waals surface area contributed by atoms with Crippen molar-refractivity contribution in [2.75, 3.05) is 13.1 Å². The second kappa shape index (κ2) is 7.00. The molecular weight excluding hydrogens is 256 g/mol. The number of nitrogens with one attached hydrogen (secondary N) is 1. The molecule has 0 radical (unpaired) electrons. The Kier molecular flexibility index (Phi) is 5.76. The molecule has 0 amide bonds. The summed E-state index contributed by atoms with van der Waals surface area (Å²) in [5, 5.41) is 3.92. The van der Waals surface area contributed by atoms with Crippen LogP contribution in [0.15, 0.2) is 0 Å². The highest BCUT2D eigenvalue weighted by molar-refractivity contribution is 5.00. The summed E-state index contributed by atoms with van der Waals surface area (Å²) in [7, 11) is 0. The summed E-state index contributed by atoms with van der Waals surface area (Å²) in [5.74, 6) is 1.69. The molecule has 2 rings (SSSR count). The lowest BCUT2D eigenvalue weighted by molar-refractivity contribution is -0.0199. The highest BCUT2D eigenvalue weighted by Crippen LogP contribution is 2.40. The fourth-order valence-corrected chi connectivity index (χ4v) is 4.88. The number of hydrogen-bond donors (Lipinski definition) is 1. The van der Waals surface area contributed by atoms with Crippen LogP contribution in [0.3, 0.4) is 0 Å². The summed E-state index contributed by atoms with van der Waals surface area (Å²) >= 11 is 0. The van der Waals surface area contributed by atoms with E-state index in [1.807, 2.05) is 0 Å².